The molecule has 0 spiro atoms. The standard InChI is InChI=1S/C23H39N5/c1-3-12-27-15-11-22(19-27)17-26-23(24-2)25-16-20-7-9-21(10-8-20)18-28-13-5-4-6-14-28/h7-10,22H,3-6,11-19H2,1-2H3,(H2,24,25,26). The Balaban J connectivity index is 1.37. The molecule has 1 unspecified atom stereocenters. The molecule has 2 aliphatic rings. The van der Waals surface area contributed by atoms with Gasteiger partial charge in [-0.15, -0.1) is 0 Å². The molecule has 0 saturated carbocycles. The molecule has 3 rings (SSSR count). The topological polar surface area (TPSA) is 42.9 Å². The molecule has 5 heteroatoms. The molecular weight excluding hydrogens is 346 g/mol. The van der Waals surface area contributed by atoms with Gasteiger partial charge in [0.15, 0.2) is 5.96 Å². The van der Waals surface area contributed by atoms with Gasteiger partial charge in [-0.05, 0) is 68.9 Å². The number of benzene rings is 1. The van der Waals surface area contributed by atoms with Crippen molar-refractivity contribution in [1.82, 2.24) is 20.4 Å². The van der Waals surface area contributed by atoms with E-state index in [2.05, 4.69) is 56.6 Å². The van der Waals surface area contributed by atoms with E-state index in [1.165, 1.54) is 76.0 Å². The van der Waals surface area contributed by atoms with Crippen LogP contribution in [-0.4, -0.2) is 62.1 Å². The Hall–Kier alpha value is -1.59. The second-order valence-electron chi connectivity index (χ2n) is 8.42. The maximum Gasteiger partial charge on any atom is 0.191 e. The smallest absolute Gasteiger partial charge is 0.191 e. The molecule has 0 aromatic heterocycles. The molecular formula is C23H39N5. The number of nitrogens with one attached hydrogen (secondary N) is 2. The van der Waals surface area contributed by atoms with Crippen LogP contribution < -0.4 is 10.6 Å². The van der Waals surface area contributed by atoms with Gasteiger partial charge in [0.05, 0.1) is 0 Å². The zero-order valence-corrected chi connectivity index (χ0v) is 17.9. The molecule has 0 radical (unpaired) electrons. The van der Waals surface area contributed by atoms with E-state index in [1.54, 1.807) is 0 Å². The second-order valence-corrected chi connectivity index (χ2v) is 8.42. The first-order valence-corrected chi connectivity index (χ1v) is 11.2. The third kappa shape index (κ3) is 6.78. The molecule has 2 fully saturated rings. The number of hydrogen-bond acceptors (Lipinski definition) is 3. The summed E-state index contributed by atoms with van der Waals surface area (Å²) in [6, 6.07) is 9.06. The minimum absolute atomic E-state index is 0.735. The summed E-state index contributed by atoms with van der Waals surface area (Å²) in [5.74, 6) is 1.64. The summed E-state index contributed by atoms with van der Waals surface area (Å²) in [5, 5.41) is 6.98. The van der Waals surface area contributed by atoms with Gasteiger partial charge in [0.2, 0.25) is 0 Å². The van der Waals surface area contributed by atoms with Crippen LogP contribution in [-0.2, 0) is 13.1 Å². The summed E-state index contributed by atoms with van der Waals surface area (Å²) in [4.78, 5) is 9.54. The zero-order chi connectivity index (χ0) is 19.6. The first-order valence-electron chi connectivity index (χ1n) is 11.2. The van der Waals surface area contributed by atoms with E-state index in [4.69, 9.17) is 0 Å². The van der Waals surface area contributed by atoms with E-state index >= 15 is 0 Å². The van der Waals surface area contributed by atoms with Gasteiger partial charge in [-0.25, -0.2) is 0 Å². The van der Waals surface area contributed by atoms with Gasteiger partial charge < -0.3 is 15.5 Å². The Labute approximate surface area is 171 Å². The summed E-state index contributed by atoms with van der Waals surface area (Å²) in [7, 11) is 1.86. The Kier molecular flexibility index (Phi) is 8.62. The minimum atomic E-state index is 0.735. The highest BCUT2D eigenvalue weighted by Gasteiger charge is 2.21. The van der Waals surface area contributed by atoms with Gasteiger partial charge in [-0.1, -0.05) is 37.6 Å². The van der Waals surface area contributed by atoms with E-state index in [0.717, 1.165) is 31.5 Å². The first-order chi connectivity index (χ1) is 13.8. The molecule has 2 N–H and O–H groups in total. The Morgan fingerprint density at radius 1 is 1.00 bits per heavy atom. The van der Waals surface area contributed by atoms with Crippen LogP contribution in [0.2, 0.25) is 0 Å². The van der Waals surface area contributed by atoms with Crippen LogP contribution in [0.4, 0.5) is 0 Å². The predicted molar refractivity (Wildman–Crippen MR) is 119 cm³/mol. The molecule has 0 bridgehead atoms. The molecule has 2 aliphatic heterocycles. The SMILES string of the molecule is CCCN1CCC(CNC(=NC)NCc2ccc(CN3CCCCC3)cc2)C1. The highest BCUT2D eigenvalue weighted by atomic mass is 15.2. The normalized spacial score (nSPS) is 21.8. The highest BCUT2D eigenvalue weighted by Crippen LogP contribution is 2.15. The number of guanidine groups is 1. The van der Waals surface area contributed by atoms with Crippen LogP contribution in [0.5, 0.6) is 0 Å². The Bertz CT molecular complexity index is 592. The van der Waals surface area contributed by atoms with Crippen molar-refractivity contribution in [2.45, 2.75) is 52.1 Å². The van der Waals surface area contributed by atoms with Gasteiger partial charge in [0.25, 0.3) is 0 Å². The molecule has 156 valence electrons. The van der Waals surface area contributed by atoms with E-state index < -0.39 is 0 Å². The predicted octanol–water partition coefficient (Wildman–Crippen LogP) is 3.07. The van der Waals surface area contributed by atoms with Crippen molar-refractivity contribution in [3.8, 4) is 0 Å². The number of piperidine rings is 1. The van der Waals surface area contributed by atoms with Crippen molar-refractivity contribution >= 4 is 5.96 Å². The molecule has 0 amide bonds. The largest absolute Gasteiger partial charge is 0.356 e. The zero-order valence-electron chi connectivity index (χ0n) is 17.9. The van der Waals surface area contributed by atoms with Gasteiger partial charge in [0, 0.05) is 33.2 Å². The van der Waals surface area contributed by atoms with Crippen molar-refractivity contribution in [3.63, 3.8) is 0 Å². The van der Waals surface area contributed by atoms with Crippen LogP contribution in [0.25, 0.3) is 0 Å². The quantitative estimate of drug-likeness (QED) is 0.533. The monoisotopic (exact) mass is 385 g/mol. The summed E-state index contributed by atoms with van der Waals surface area (Å²) >= 11 is 0. The minimum Gasteiger partial charge on any atom is -0.356 e. The fraction of sp³-hybridized carbons (Fsp3) is 0.696. The first kappa shape index (κ1) is 21.1. The average Bonchev–Trinajstić information content (AvgIpc) is 3.18. The Morgan fingerprint density at radius 2 is 1.75 bits per heavy atom. The number of hydrogen-bond donors (Lipinski definition) is 2. The van der Waals surface area contributed by atoms with Gasteiger partial charge in [-0.2, -0.15) is 0 Å². The van der Waals surface area contributed by atoms with Crippen molar-refractivity contribution in [3.05, 3.63) is 35.4 Å². The molecule has 2 saturated heterocycles. The second kappa shape index (κ2) is 11.4. The summed E-state index contributed by atoms with van der Waals surface area (Å²) < 4.78 is 0. The molecule has 1 atom stereocenters. The number of likely N-dealkylation sites (tertiary alicyclic amines) is 2. The lowest BCUT2D eigenvalue weighted by Gasteiger charge is -2.26. The molecule has 5 nitrogen and oxygen atoms in total. The average molecular weight is 386 g/mol. The molecule has 2 heterocycles. The van der Waals surface area contributed by atoms with Crippen LogP contribution in [0, 0.1) is 5.92 Å². The van der Waals surface area contributed by atoms with Crippen molar-refractivity contribution in [2.75, 3.05) is 46.3 Å². The summed E-state index contributed by atoms with van der Waals surface area (Å²) in [5.41, 5.74) is 2.73. The summed E-state index contributed by atoms with van der Waals surface area (Å²) in [6.45, 7) is 11.4. The lowest BCUT2D eigenvalue weighted by Crippen LogP contribution is -2.40. The number of aliphatic imine (C=N–C) groups is 1. The fourth-order valence-electron chi connectivity index (χ4n) is 4.38. The van der Waals surface area contributed by atoms with Crippen LogP contribution >= 0.6 is 0 Å². The molecule has 1 aromatic rings. The maximum absolute atomic E-state index is 4.39. The fourth-order valence-corrected chi connectivity index (χ4v) is 4.38. The van der Waals surface area contributed by atoms with Crippen LogP contribution in [0.1, 0.15) is 50.2 Å². The van der Waals surface area contributed by atoms with Gasteiger partial charge >= 0.3 is 0 Å². The van der Waals surface area contributed by atoms with Crippen molar-refractivity contribution < 1.29 is 0 Å². The third-order valence-electron chi connectivity index (χ3n) is 6.03. The van der Waals surface area contributed by atoms with E-state index in [0.29, 0.717) is 0 Å². The van der Waals surface area contributed by atoms with E-state index in [9.17, 15) is 0 Å². The highest BCUT2D eigenvalue weighted by molar-refractivity contribution is 5.79. The van der Waals surface area contributed by atoms with Crippen molar-refractivity contribution in [1.29, 1.82) is 0 Å². The number of nitrogens with zero attached hydrogens (tertiary/aromatic N) is 3. The molecule has 28 heavy (non-hydrogen) atoms. The molecule has 1 aromatic carbocycles. The van der Waals surface area contributed by atoms with E-state index in [1.807, 2.05) is 7.05 Å². The Morgan fingerprint density at radius 3 is 2.46 bits per heavy atom. The lowest BCUT2D eigenvalue weighted by atomic mass is 10.1. The van der Waals surface area contributed by atoms with Crippen molar-refractivity contribution in [2.24, 2.45) is 10.9 Å². The van der Waals surface area contributed by atoms with Gasteiger partial charge in [-0.3, -0.25) is 9.89 Å². The van der Waals surface area contributed by atoms with E-state index in [-0.39, 0.29) is 0 Å². The molecule has 0 aliphatic carbocycles. The number of rotatable bonds is 8. The third-order valence-corrected chi connectivity index (χ3v) is 6.03. The maximum atomic E-state index is 4.39. The van der Waals surface area contributed by atoms with Crippen LogP contribution in [0.15, 0.2) is 29.3 Å². The van der Waals surface area contributed by atoms with Gasteiger partial charge in [0.1, 0.15) is 0 Å². The lowest BCUT2D eigenvalue weighted by molar-refractivity contribution is 0.221. The van der Waals surface area contributed by atoms with Crippen LogP contribution in [0.3, 0.4) is 0 Å². The summed E-state index contributed by atoms with van der Waals surface area (Å²) in [6.07, 6.45) is 6.65.